The van der Waals surface area contributed by atoms with Gasteiger partial charge >= 0.3 is 0 Å². The molecule has 128 valence electrons. The van der Waals surface area contributed by atoms with E-state index in [2.05, 4.69) is 15.6 Å². The fourth-order valence-corrected chi connectivity index (χ4v) is 3.01. The van der Waals surface area contributed by atoms with Crippen molar-refractivity contribution in [1.82, 2.24) is 15.6 Å². The number of rotatable bonds is 7. The number of amides is 1. The SMILES string of the molecule is O=C(CCCc1ncc(-c2ccccc2)o1)NCC1CCCNC1. The molecule has 0 spiro atoms. The monoisotopic (exact) mass is 327 g/mol. The number of nitrogens with zero attached hydrogens (tertiary/aromatic N) is 1. The maximum absolute atomic E-state index is 11.9. The van der Waals surface area contributed by atoms with Gasteiger partial charge in [0.2, 0.25) is 5.91 Å². The molecular formula is C19H25N3O2. The minimum atomic E-state index is 0.121. The first-order valence-electron chi connectivity index (χ1n) is 8.79. The Bertz CT molecular complexity index is 633. The van der Waals surface area contributed by atoms with Gasteiger partial charge in [0.05, 0.1) is 6.20 Å². The first-order chi connectivity index (χ1) is 11.8. The van der Waals surface area contributed by atoms with Crippen molar-refractivity contribution in [2.75, 3.05) is 19.6 Å². The molecule has 0 aliphatic carbocycles. The van der Waals surface area contributed by atoms with Gasteiger partial charge in [-0.15, -0.1) is 0 Å². The Morgan fingerprint density at radius 1 is 1.33 bits per heavy atom. The second-order valence-electron chi connectivity index (χ2n) is 6.35. The Balaban J connectivity index is 1.37. The molecule has 1 aromatic carbocycles. The number of carbonyl (C=O) groups excluding carboxylic acids is 1. The zero-order chi connectivity index (χ0) is 16.6. The molecule has 1 fully saturated rings. The van der Waals surface area contributed by atoms with Gasteiger partial charge in [0.15, 0.2) is 11.7 Å². The average Bonchev–Trinajstić information content (AvgIpc) is 3.11. The Morgan fingerprint density at radius 2 is 2.21 bits per heavy atom. The van der Waals surface area contributed by atoms with Crippen LogP contribution in [0.4, 0.5) is 0 Å². The summed E-state index contributed by atoms with van der Waals surface area (Å²) in [6, 6.07) is 9.92. The highest BCUT2D eigenvalue weighted by atomic mass is 16.4. The topological polar surface area (TPSA) is 67.2 Å². The van der Waals surface area contributed by atoms with E-state index in [0.29, 0.717) is 24.7 Å². The first kappa shape index (κ1) is 16.7. The molecule has 0 bridgehead atoms. The van der Waals surface area contributed by atoms with Crippen LogP contribution < -0.4 is 10.6 Å². The molecule has 2 aromatic rings. The van der Waals surface area contributed by atoms with Crippen LogP contribution in [-0.2, 0) is 11.2 Å². The van der Waals surface area contributed by atoms with Crippen molar-refractivity contribution in [2.45, 2.75) is 32.1 Å². The number of aromatic nitrogens is 1. The summed E-state index contributed by atoms with van der Waals surface area (Å²) in [5.74, 6) is 2.16. The van der Waals surface area contributed by atoms with Crippen molar-refractivity contribution in [3.63, 3.8) is 0 Å². The van der Waals surface area contributed by atoms with Crippen LogP contribution in [0.25, 0.3) is 11.3 Å². The fraction of sp³-hybridized carbons (Fsp3) is 0.474. The number of benzene rings is 1. The number of carbonyl (C=O) groups is 1. The van der Waals surface area contributed by atoms with Crippen LogP contribution >= 0.6 is 0 Å². The summed E-state index contributed by atoms with van der Waals surface area (Å²) >= 11 is 0. The number of oxazole rings is 1. The van der Waals surface area contributed by atoms with Gasteiger partial charge in [-0.2, -0.15) is 0 Å². The number of hydrogen-bond donors (Lipinski definition) is 2. The second kappa shape index (κ2) is 8.64. The van der Waals surface area contributed by atoms with Gasteiger partial charge in [-0.05, 0) is 38.3 Å². The lowest BCUT2D eigenvalue weighted by Crippen LogP contribution is -2.38. The van der Waals surface area contributed by atoms with Crippen LogP contribution in [-0.4, -0.2) is 30.5 Å². The van der Waals surface area contributed by atoms with Crippen molar-refractivity contribution >= 4 is 5.91 Å². The molecule has 5 heteroatoms. The molecule has 1 amide bonds. The third-order valence-corrected chi connectivity index (χ3v) is 4.39. The molecule has 1 saturated heterocycles. The lowest BCUT2D eigenvalue weighted by atomic mass is 10.00. The molecule has 1 unspecified atom stereocenters. The van der Waals surface area contributed by atoms with Gasteiger partial charge in [-0.25, -0.2) is 4.98 Å². The lowest BCUT2D eigenvalue weighted by Gasteiger charge is -2.22. The van der Waals surface area contributed by atoms with E-state index >= 15 is 0 Å². The van der Waals surface area contributed by atoms with E-state index in [4.69, 9.17) is 4.42 Å². The standard InChI is InChI=1S/C19H25N3O2/c23-18(21-13-15-6-5-11-20-12-15)9-4-10-19-22-14-17(24-19)16-7-2-1-3-8-16/h1-3,7-8,14-15,20H,4-6,9-13H2,(H,21,23). The lowest BCUT2D eigenvalue weighted by molar-refractivity contribution is -0.121. The molecular weight excluding hydrogens is 302 g/mol. The molecule has 1 aliphatic heterocycles. The maximum Gasteiger partial charge on any atom is 0.220 e. The second-order valence-corrected chi connectivity index (χ2v) is 6.35. The summed E-state index contributed by atoms with van der Waals surface area (Å²) < 4.78 is 5.76. The van der Waals surface area contributed by atoms with Crippen LogP contribution in [0.5, 0.6) is 0 Å². The molecule has 24 heavy (non-hydrogen) atoms. The van der Waals surface area contributed by atoms with Crippen molar-refractivity contribution in [2.24, 2.45) is 5.92 Å². The van der Waals surface area contributed by atoms with E-state index in [-0.39, 0.29) is 5.91 Å². The molecule has 2 heterocycles. The van der Waals surface area contributed by atoms with Crippen molar-refractivity contribution in [1.29, 1.82) is 0 Å². The van der Waals surface area contributed by atoms with Crippen LogP contribution in [0.1, 0.15) is 31.6 Å². The van der Waals surface area contributed by atoms with Gasteiger partial charge in [-0.3, -0.25) is 4.79 Å². The van der Waals surface area contributed by atoms with Crippen LogP contribution in [0.3, 0.4) is 0 Å². The predicted octanol–water partition coefficient (Wildman–Crippen LogP) is 2.78. The maximum atomic E-state index is 11.9. The zero-order valence-corrected chi connectivity index (χ0v) is 14.0. The number of aryl methyl sites for hydroxylation is 1. The Kier molecular flexibility index (Phi) is 6.01. The molecule has 5 nitrogen and oxygen atoms in total. The highest BCUT2D eigenvalue weighted by Crippen LogP contribution is 2.20. The summed E-state index contributed by atoms with van der Waals surface area (Å²) in [7, 11) is 0. The fourth-order valence-electron chi connectivity index (χ4n) is 3.01. The molecule has 1 aromatic heterocycles. The zero-order valence-electron chi connectivity index (χ0n) is 14.0. The number of nitrogens with one attached hydrogen (secondary N) is 2. The van der Waals surface area contributed by atoms with E-state index in [1.807, 2.05) is 30.3 Å². The smallest absolute Gasteiger partial charge is 0.220 e. The van der Waals surface area contributed by atoms with Gasteiger partial charge in [0.25, 0.3) is 0 Å². The van der Waals surface area contributed by atoms with Crippen LogP contribution in [0.15, 0.2) is 40.9 Å². The predicted molar refractivity (Wildman–Crippen MR) is 93.5 cm³/mol. The summed E-state index contributed by atoms with van der Waals surface area (Å²) in [6.07, 6.45) is 6.11. The van der Waals surface area contributed by atoms with Crippen molar-refractivity contribution < 1.29 is 9.21 Å². The summed E-state index contributed by atoms with van der Waals surface area (Å²) in [5.41, 5.74) is 1.02. The minimum absolute atomic E-state index is 0.121. The third-order valence-electron chi connectivity index (χ3n) is 4.39. The van der Waals surface area contributed by atoms with E-state index < -0.39 is 0 Å². The number of piperidine rings is 1. The van der Waals surface area contributed by atoms with Crippen LogP contribution in [0.2, 0.25) is 0 Å². The van der Waals surface area contributed by atoms with Gasteiger partial charge < -0.3 is 15.1 Å². The highest BCUT2D eigenvalue weighted by Gasteiger charge is 2.14. The van der Waals surface area contributed by atoms with E-state index in [0.717, 1.165) is 37.4 Å². The van der Waals surface area contributed by atoms with Gasteiger partial charge in [0, 0.05) is 24.9 Å². The number of hydrogen-bond acceptors (Lipinski definition) is 4. The van der Waals surface area contributed by atoms with E-state index in [1.165, 1.54) is 12.8 Å². The van der Waals surface area contributed by atoms with Crippen LogP contribution in [0, 0.1) is 5.92 Å². The summed E-state index contributed by atoms with van der Waals surface area (Å²) in [6.45, 7) is 2.90. The average molecular weight is 327 g/mol. The van der Waals surface area contributed by atoms with E-state index in [1.54, 1.807) is 6.20 Å². The largest absolute Gasteiger partial charge is 0.441 e. The van der Waals surface area contributed by atoms with Crippen molar-refractivity contribution in [3.8, 4) is 11.3 Å². The Labute approximate surface area is 142 Å². The normalized spacial score (nSPS) is 17.6. The Morgan fingerprint density at radius 3 is 3.00 bits per heavy atom. The molecule has 2 N–H and O–H groups in total. The van der Waals surface area contributed by atoms with E-state index in [9.17, 15) is 4.79 Å². The molecule has 3 rings (SSSR count). The molecule has 0 saturated carbocycles. The van der Waals surface area contributed by atoms with Gasteiger partial charge in [0.1, 0.15) is 0 Å². The summed E-state index contributed by atoms with van der Waals surface area (Å²) in [5, 5.41) is 6.41. The summed E-state index contributed by atoms with van der Waals surface area (Å²) in [4.78, 5) is 16.2. The minimum Gasteiger partial charge on any atom is -0.441 e. The third kappa shape index (κ3) is 4.93. The molecule has 0 radical (unpaired) electrons. The molecule has 1 atom stereocenters. The Hall–Kier alpha value is -2.14. The van der Waals surface area contributed by atoms with Gasteiger partial charge in [-0.1, -0.05) is 30.3 Å². The highest BCUT2D eigenvalue weighted by molar-refractivity contribution is 5.75. The quantitative estimate of drug-likeness (QED) is 0.820. The first-order valence-corrected chi connectivity index (χ1v) is 8.79. The van der Waals surface area contributed by atoms with Crippen molar-refractivity contribution in [3.05, 3.63) is 42.4 Å². The molecule has 1 aliphatic rings.